The molecule has 3 saturated heterocycles. The van der Waals surface area contributed by atoms with Crippen LogP contribution < -0.4 is 5.32 Å². The fraction of sp³-hybridized carbons (Fsp3) is 0.600. The smallest absolute Gasteiger partial charge is 0.153 e. The second kappa shape index (κ2) is 5.48. The zero-order valence-corrected chi connectivity index (χ0v) is 14.6. The van der Waals surface area contributed by atoms with E-state index in [-0.39, 0.29) is 53.0 Å². The Bertz CT molecular complexity index is 823. The number of nitrogens with one attached hydrogen (secondary N) is 1. The molecule has 0 amide bonds. The van der Waals surface area contributed by atoms with Crippen molar-refractivity contribution in [3.05, 3.63) is 35.6 Å². The summed E-state index contributed by atoms with van der Waals surface area (Å²) in [5.41, 5.74) is 0.725. The van der Waals surface area contributed by atoms with Gasteiger partial charge < -0.3 is 5.32 Å². The molecule has 4 rings (SSSR count). The Morgan fingerprint density at radius 3 is 2.12 bits per heavy atom. The van der Waals surface area contributed by atoms with Crippen LogP contribution in [0.3, 0.4) is 0 Å². The normalized spacial score (nSPS) is 37.0. The Morgan fingerprint density at radius 1 is 1.00 bits per heavy atom. The predicted octanol–water partition coefficient (Wildman–Crippen LogP) is -0.438. The van der Waals surface area contributed by atoms with Gasteiger partial charge >= 0.3 is 0 Å². The quantitative estimate of drug-likeness (QED) is 0.756. The molecule has 0 spiro atoms. The summed E-state index contributed by atoms with van der Waals surface area (Å²) in [6.07, 6.45) is 0. The van der Waals surface area contributed by atoms with E-state index in [2.05, 4.69) is 5.32 Å². The van der Waals surface area contributed by atoms with E-state index in [0.717, 1.165) is 5.56 Å². The van der Waals surface area contributed by atoms with Crippen molar-refractivity contribution in [1.29, 1.82) is 0 Å². The van der Waals surface area contributed by atoms with Crippen LogP contribution in [-0.4, -0.2) is 68.9 Å². The fourth-order valence-corrected chi connectivity index (χ4v) is 8.12. The highest BCUT2D eigenvalue weighted by Gasteiger charge is 2.53. The molecule has 0 radical (unpaired) electrons. The maximum absolute atomic E-state index is 13.5. The van der Waals surface area contributed by atoms with Gasteiger partial charge in [0.2, 0.25) is 0 Å². The maximum Gasteiger partial charge on any atom is 0.153 e. The molecule has 3 fully saturated rings. The molecule has 0 unspecified atom stereocenters. The fourth-order valence-electron chi connectivity index (χ4n) is 4.23. The van der Waals surface area contributed by atoms with E-state index in [0.29, 0.717) is 6.54 Å². The van der Waals surface area contributed by atoms with Gasteiger partial charge in [-0.25, -0.2) is 21.2 Å². The zero-order chi connectivity index (χ0) is 17.1. The summed E-state index contributed by atoms with van der Waals surface area (Å²) in [4.78, 5) is 1.97. The first-order valence-electron chi connectivity index (χ1n) is 7.89. The summed E-state index contributed by atoms with van der Waals surface area (Å²) in [5, 5.41) is 3.24. The Kier molecular flexibility index (Phi) is 3.76. The Morgan fingerprint density at radius 2 is 1.58 bits per heavy atom. The minimum atomic E-state index is -3.15. The summed E-state index contributed by atoms with van der Waals surface area (Å²) in [6.45, 7) is 0.354. The number of nitrogens with zero attached hydrogens (tertiary/aromatic N) is 1. The molecular formula is C15H19FN2O4S2. The lowest BCUT2D eigenvalue weighted by atomic mass is 9.96. The van der Waals surface area contributed by atoms with Gasteiger partial charge in [-0.15, -0.1) is 0 Å². The molecule has 0 saturated carbocycles. The van der Waals surface area contributed by atoms with Gasteiger partial charge in [0, 0.05) is 30.7 Å². The third-order valence-electron chi connectivity index (χ3n) is 5.18. The van der Waals surface area contributed by atoms with Gasteiger partial charge in [0.15, 0.2) is 19.7 Å². The molecule has 1 aromatic rings. The van der Waals surface area contributed by atoms with Gasteiger partial charge in [0.25, 0.3) is 0 Å². The summed E-state index contributed by atoms with van der Waals surface area (Å²) in [7, 11) is -6.30. The summed E-state index contributed by atoms with van der Waals surface area (Å²) in [6, 6.07) is 5.09. The highest BCUT2D eigenvalue weighted by atomic mass is 32.2. The average molecular weight is 374 g/mol. The van der Waals surface area contributed by atoms with Crippen molar-refractivity contribution in [2.75, 3.05) is 23.0 Å². The van der Waals surface area contributed by atoms with Gasteiger partial charge in [-0.05, 0) is 17.7 Å². The lowest BCUT2D eigenvalue weighted by Gasteiger charge is -2.45. The van der Waals surface area contributed by atoms with Gasteiger partial charge in [-0.1, -0.05) is 12.1 Å². The second-order valence-electron chi connectivity index (χ2n) is 6.97. The molecule has 0 aromatic heterocycles. The van der Waals surface area contributed by atoms with E-state index < -0.39 is 19.7 Å². The number of rotatable bonds is 2. The minimum Gasteiger partial charge on any atom is -0.306 e. The van der Waals surface area contributed by atoms with E-state index in [4.69, 9.17) is 0 Å². The number of piperazine rings is 1. The number of benzene rings is 1. The molecular weight excluding hydrogens is 355 g/mol. The van der Waals surface area contributed by atoms with E-state index >= 15 is 0 Å². The highest BCUT2D eigenvalue weighted by molar-refractivity contribution is 7.92. The Hall–Kier alpha value is -1.03. The number of hydrogen-bond acceptors (Lipinski definition) is 6. The predicted molar refractivity (Wildman–Crippen MR) is 87.5 cm³/mol. The molecule has 6 nitrogen and oxygen atoms in total. The lowest BCUT2D eigenvalue weighted by molar-refractivity contribution is 0.0677. The molecule has 132 valence electrons. The number of halogens is 1. The van der Waals surface area contributed by atoms with Gasteiger partial charge in [-0.2, -0.15) is 0 Å². The molecule has 3 aliphatic rings. The minimum absolute atomic E-state index is 0.0171. The molecule has 3 aliphatic heterocycles. The third-order valence-corrected chi connectivity index (χ3v) is 8.61. The van der Waals surface area contributed by atoms with Crippen LogP contribution in [0.25, 0.3) is 0 Å². The van der Waals surface area contributed by atoms with Crippen LogP contribution in [0.5, 0.6) is 0 Å². The van der Waals surface area contributed by atoms with Crippen LogP contribution in [0, 0.1) is 5.82 Å². The molecule has 3 heterocycles. The van der Waals surface area contributed by atoms with E-state index in [9.17, 15) is 21.2 Å². The number of hydrogen-bond donors (Lipinski definition) is 1. The van der Waals surface area contributed by atoms with Crippen molar-refractivity contribution in [1.82, 2.24) is 10.2 Å². The molecule has 1 aromatic carbocycles. The maximum atomic E-state index is 13.5. The number of sulfone groups is 2. The Balaban J connectivity index is 1.69. The van der Waals surface area contributed by atoms with Crippen molar-refractivity contribution in [2.24, 2.45) is 0 Å². The molecule has 0 bridgehead atoms. The average Bonchev–Trinajstić information content (AvgIpc) is 2.92. The third kappa shape index (κ3) is 2.98. The van der Waals surface area contributed by atoms with Crippen LogP contribution in [0.4, 0.5) is 4.39 Å². The van der Waals surface area contributed by atoms with Crippen molar-refractivity contribution < 1.29 is 21.2 Å². The van der Waals surface area contributed by atoms with Gasteiger partial charge in [0.05, 0.1) is 23.0 Å². The monoisotopic (exact) mass is 374 g/mol. The largest absolute Gasteiger partial charge is 0.306 e. The van der Waals surface area contributed by atoms with E-state index in [1.165, 1.54) is 12.1 Å². The van der Waals surface area contributed by atoms with Crippen LogP contribution in [-0.2, 0) is 26.2 Å². The van der Waals surface area contributed by atoms with E-state index in [1.54, 1.807) is 12.1 Å². The SMILES string of the molecule is O=S1(=O)C[C@@H]2[C@@H](C1)N[C@H]1CS(=O)(=O)C[C@@H]1N2Cc1cccc(F)c1. The van der Waals surface area contributed by atoms with Crippen molar-refractivity contribution >= 4 is 19.7 Å². The zero-order valence-electron chi connectivity index (χ0n) is 12.9. The Labute approximate surface area is 140 Å². The highest BCUT2D eigenvalue weighted by Crippen LogP contribution is 2.32. The molecule has 4 atom stereocenters. The molecule has 24 heavy (non-hydrogen) atoms. The number of fused-ring (bicyclic) bond motifs is 2. The summed E-state index contributed by atoms with van der Waals surface area (Å²) < 4.78 is 61.7. The topological polar surface area (TPSA) is 83.5 Å². The first-order chi connectivity index (χ1) is 11.2. The van der Waals surface area contributed by atoms with Gasteiger partial charge in [-0.3, -0.25) is 4.90 Å². The first-order valence-corrected chi connectivity index (χ1v) is 11.5. The van der Waals surface area contributed by atoms with Crippen LogP contribution in [0.2, 0.25) is 0 Å². The summed E-state index contributed by atoms with van der Waals surface area (Å²) in [5.74, 6) is -0.262. The van der Waals surface area contributed by atoms with Gasteiger partial charge in [0.1, 0.15) is 5.82 Å². The summed E-state index contributed by atoms with van der Waals surface area (Å²) >= 11 is 0. The van der Waals surface area contributed by atoms with Crippen molar-refractivity contribution in [3.8, 4) is 0 Å². The standard InChI is InChI=1S/C15H19FN2O4S2/c16-11-3-1-2-10(4-11)5-18-14-8-23(19,20)6-12(14)17-13-7-24(21,22)9-15(13)18/h1-4,12-15,17H,5-9H2/t12-,13+,14-,15+. The first kappa shape index (κ1) is 16.4. The van der Waals surface area contributed by atoms with Crippen molar-refractivity contribution in [2.45, 2.75) is 30.7 Å². The molecule has 1 N–H and O–H groups in total. The second-order valence-corrected chi connectivity index (χ2v) is 11.3. The van der Waals surface area contributed by atoms with E-state index in [1.807, 2.05) is 4.90 Å². The van der Waals surface area contributed by atoms with Crippen LogP contribution in [0.15, 0.2) is 24.3 Å². The van der Waals surface area contributed by atoms with Crippen LogP contribution >= 0.6 is 0 Å². The molecule has 9 heteroatoms. The lowest BCUT2D eigenvalue weighted by Crippen LogP contribution is -2.66. The molecule has 0 aliphatic carbocycles. The van der Waals surface area contributed by atoms with Crippen LogP contribution in [0.1, 0.15) is 5.56 Å². The van der Waals surface area contributed by atoms with Crippen molar-refractivity contribution in [3.63, 3.8) is 0 Å².